The lowest BCUT2D eigenvalue weighted by Crippen LogP contribution is -2.54. The van der Waals surface area contributed by atoms with Gasteiger partial charge in [-0.25, -0.2) is 8.42 Å². The second kappa shape index (κ2) is 10.7. The topological polar surface area (TPSA) is 107 Å². The Balaban J connectivity index is 1.30. The van der Waals surface area contributed by atoms with Crippen molar-refractivity contribution in [3.05, 3.63) is 11.5 Å². The first-order valence-corrected chi connectivity index (χ1v) is 13.9. The second-order valence-electron chi connectivity index (χ2n) is 9.75. The Morgan fingerprint density at radius 1 is 0.912 bits per heavy atom. The molecule has 1 atom stereocenters. The number of hydrogen-bond acceptors (Lipinski definition) is 7. The Kier molecular flexibility index (Phi) is 7.94. The quantitative estimate of drug-likeness (QED) is 0.605. The molecule has 0 N–H and O–H groups in total. The maximum Gasteiger partial charge on any atom is 0.248 e. The molecule has 2 amide bonds. The molecule has 4 heterocycles. The summed E-state index contributed by atoms with van der Waals surface area (Å²) in [6.45, 7) is 8.37. The van der Waals surface area contributed by atoms with Crippen LogP contribution in [0.3, 0.4) is 0 Å². The van der Waals surface area contributed by atoms with E-state index in [0.717, 1.165) is 25.9 Å². The van der Waals surface area contributed by atoms with E-state index in [1.54, 1.807) is 13.8 Å². The van der Waals surface area contributed by atoms with Crippen molar-refractivity contribution in [3.63, 3.8) is 0 Å². The Labute approximate surface area is 202 Å². The van der Waals surface area contributed by atoms with Gasteiger partial charge in [0.1, 0.15) is 10.6 Å². The first-order chi connectivity index (χ1) is 16.3. The molecular formula is C23H37N5O5S. The lowest BCUT2D eigenvalue weighted by molar-refractivity contribution is -0.139. The summed E-state index contributed by atoms with van der Waals surface area (Å²) in [6.07, 6.45) is 5.88. The summed E-state index contributed by atoms with van der Waals surface area (Å²) < 4.78 is 32.8. The number of aryl methyl sites for hydroxylation is 2. The van der Waals surface area contributed by atoms with Crippen LogP contribution < -0.4 is 0 Å². The van der Waals surface area contributed by atoms with Crippen LogP contribution in [-0.2, 0) is 19.6 Å². The molecule has 0 aromatic carbocycles. The lowest BCUT2D eigenvalue weighted by atomic mass is 9.98. The molecule has 11 heteroatoms. The Hall–Kier alpha value is -1.98. The number of carbonyl (C=O) groups is 2. The Morgan fingerprint density at radius 3 is 2.21 bits per heavy atom. The van der Waals surface area contributed by atoms with Crippen molar-refractivity contribution in [2.24, 2.45) is 5.92 Å². The van der Waals surface area contributed by atoms with Crippen molar-refractivity contribution in [2.45, 2.75) is 57.3 Å². The molecule has 0 bridgehead atoms. The van der Waals surface area contributed by atoms with Crippen LogP contribution in [0.15, 0.2) is 9.42 Å². The molecule has 3 saturated heterocycles. The van der Waals surface area contributed by atoms with Gasteiger partial charge in [-0.2, -0.15) is 4.31 Å². The zero-order valence-corrected chi connectivity index (χ0v) is 21.2. The molecule has 1 unspecified atom stereocenters. The van der Waals surface area contributed by atoms with Crippen LogP contribution in [0, 0.1) is 19.8 Å². The van der Waals surface area contributed by atoms with Gasteiger partial charge in [-0.15, -0.1) is 0 Å². The SMILES string of the molecule is Cc1noc(C)c1S(=O)(=O)N1CCCC(C(=O)N2CCN(CC(=O)N3CCCCCC3)CC2)C1. The Morgan fingerprint density at radius 2 is 1.59 bits per heavy atom. The largest absolute Gasteiger partial charge is 0.360 e. The van der Waals surface area contributed by atoms with E-state index in [2.05, 4.69) is 10.1 Å². The summed E-state index contributed by atoms with van der Waals surface area (Å²) in [5, 5.41) is 3.78. The van der Waals surface area contributed by atoms with E-state index in [0.29, 0.717) is 57.8 Å². The van der Waals surface area contributed by atoms with Crippen molar-refractivity contribution in [2.75, 3.05) is 58.9 Å². The number of sulfonamides is 1. The number of aromatic nitrogens is 1. The van der Waals surface area contributed by atoms with Crippen LogP contribution in [0.5, 0.6) is 0 Å². The highest BCUT2D eigenvalue weighted by Crippen LogP contribution is 2.28. The van der Waals surface area contributed by atoms with E-state index in [4.69, 9.17) is 4.52 Å². The van der Waals surface area contributed by atoms with Crippen LogP contribution >= 0.6 is 0 Å². The minimum absolute atomic E-state index is 0.0113. The summed E-state index contributed by atoms with van der Waals surface area (Å²) in [4.78, 5) is 32.0. The zero-order chi connectivity index (χ0) is 24.3. The molecule has 0 radical (unpaired) electrons. The molecular weight excluding hydrogens is 458 g/mol. The van der Waals surface area contributed by atoms with E-state index in [1.807, 2.05) is 9.80 Å². The molecule has 0 saturated carbocycles. The smallest absolute Gasteiger partial charge is 0.248 e. The van der Waals surface area contributed by atoms with Gasteiger partial charge in [0.05, 0.1) is 12.5 Å². The van der Waals surface area contributed by atoms with E-state index >= 15 is 0 Å². The highest BCUT2D eigenvalue weighted by molar-refractivity contribution is 7.89. The van der Waals surface area contributed by atoms with Gasteiger partial charge in [0.15, 0.2) is 5.76 Å². The minimum atomic E-state index is -3.76. The van der Waals surface area contributed by atoms with Crippen molar-refractivity contribution in [1.29, 1.82) is 0 Å². The van der Waals surface area contributed by atoms with Crippen molar-refractivity contribution < 1.29 is 22.5 Å². The van der Waals surface area contributed by atoms with E-state index in [1.165, 1.54) is 17.1 Å². The van der Waals surface area contributed by atoms with Crippen LogP contribution in [0.1, 0.15) is 50.0 Å². The lowest BCUT2D eigenvalue weighted by Gasteiger charge is -2.38. The number of hydrogen-bond donors (Lipinski definition) is 0. The monoisotopic (exact) mass is 495 g/mol. The summed E-state index contributed by atoms with van der Waals surface area (Å²) in [5.41, 5.74) is 0.344. The number of piperidine rings is 1. The predicted octanol–water partition coefficient (Wildman–Crippen LogP) is 1.24. The summed E-state index contributed by atoms with van der Waals surface area (Å²) >= 11 is 0. The average molecular weight is 496 g/mol. The van der Waals surface area contributed by atoms with Gasteiger partial charge in [-0.3, -0.25) is 14.5 Å². The van der Waals surface area contributed by atoms with Crippen LogP contribution in [0.4, 0.5) is 0 Å². The molecule has 3 aliphatic rings. The molecule has 190 valence electrons. The first kappa shape index (κ1) is 25.1. The molecule has 34 heavy (non-hydrogen) atoms. The van der Waals surface area contributed by atoms with Gasteiger partial charge in [0, 0.05) is 52.4 Å². The zero-order valence-electron chi connectivity index (χ0n) is 20.4. The summed E-state index contributed by atoms with van der Waals surface area (Å²) in [5.74, 6) is 0.123. The molecule has 4 rings (SSSR count). The first-order valence-electron chi connectivity index (χ1n) is 12.5. The Bertz CT molecular complexity index is 958. The molecule has 0 aliphatic carbocycles. The normalized spacial score (nSPS) is 23.6. The minimum Gasteiger partial charge on any atom is -0.360 e. The van der Waals surface area contributed by atoms with Crippen molar-refractivity contribution in [1.82, 2.24) is 24.2 Å². The maximum absolute atomic E-state index is 13.2. The van der Waals surface area contributed by atoms with E-state index in [-0.39, 0.29) is 34.9 Å². The fourth-order valence-corrected chi connectivity index (χ4v) is 7.15. The fraction of sp³-hybridized carbons (Fsp3) is 0.783. The number of likely N-dealkylation sites (tertiary alicyclic amines) is 1. The van der Waals surface area contributed by atoms with Crippen LogP contribution in [-0.4, -0.2) is 103 Å². The predicted molar refractivity (Wildman–Crippen MR) is 126 cm³/mol. The van der Waals surface area contributed by atoms with Gasteiger partial charge < -0.3 is 14.3 Å². The third-order valence-corrected chi connectivity index (χ3v) is 9.41. The van der Waals surface area contributed by atoms with Gasteiger partial charge in [0.2, 0.25) is 21.8 Å². The molecule has 1 aromatic rings. The average Bonchev–Trinajstić information content (AvgIpc) is 3.02. The molecule has 0 spiro atoms. The number of rotatable bonds is 5. The van der Waals surface area contributed by atoms with Gasteiger partial charge in [-0.05, 0) is 39.5 Å². The molecule has 10 nitrogen and oxygen atoms in total. The van der Waals surface area contributed by atoms with E-state index in [9.17, 15) is 18.0 Å². The van der Waals surface area contributed by atoms with E-state index < -0.39 is 10.0 Å². The van der Waals surface area contributed by atoms with Gasteiger partial charge in [0.25, 0.3) is 0 Å². The molecule has 1 aromatic heterocycles. The van der Waals surface area contributed by atoms with Crippen molar-refractivity contribution in [3.8, 4) is 0 Å². The second-order valence-corrected chi connectivity index (χ2v) is 11.6. The fourth-order valence-electron chi connectivity index (χ4n) is 5.33. The van der Waals surface area contributed by atoms with Crippen LogP contribution in [0.25, 0.3) is 0 Å². The van der Waals surface area contributed by atoms with Gasteiger partial charge >= 0.3 is 0 Å². The molecule has 3 aliphatic heterocycles. The standard InChI is InChI=1S/C23H37N5O5S/c1-18-22(19(2)33-24-18)34(31,32)28-11-7-8-20(16-28)23(30)27-14-12-25(13-15-27)17-21(29)26-9-5-3-4-6-10-26/h20H,3-17H2,1-2H3. The number of amides is 2. The highest BCUT2D eigenvalue weighted by Gasteiger charge is 2.38. The maximum atomic E-state index is 13.2. The third kappa shape index (κ3) is 5.46. The van der Waals surface area contributed by atoms with Gasteiger partial charge in [-0.1, -0.05) is 18.0 Å². The number of carbonyl (C=O) groups excluding carboxylic acids is 2. The molecule has 3 fully saturated rings. The third-order valence-electron chi connectivity index (χ3n) is 7.30. The summed E-state index contributed by atoms with van der Waals surface area (Å²) in [6, 6.07) is 0. The van der Waals surface area contributed by atoms with Crippen LogP contribution in [0.2, 0.25) is 0 Å². The highest BCUT2D eigenvalue weighted by atomic mass is 32.2. The summed E-state index contributed by atoms with van der Waals surface area (Å²) in [7, 11) is -3.76. The number of nitrogens with zero attached hydrogens (tertiary/aromatic N) is 5. The van der Waals surface area contributed by atoms with Crippen molar-refractivity contribution >= 4 is 21.8 Å². The number of piperazine rings is 1.